The second kappa shape index (κ2) is 6.03. The predicted molar refractivity (Wildman–Crippen MR) is 87.1 cm³/mol. The minimum absolute atomic E-state index is 0.112. The van der Waals surface area contributed by atoms with Crippen molar-refractivity contribution < 1.29 is 17.6 Å². The zero-order valence-corrected chi connectivity index (χ0v) is 13.2. The minimum atomic E-state index is -2.70. The molecule has 0 aromatic heterocycles. The quantitative estimate of drug-likeness (QED) is 0.518. The van der Waals surface area contributed by atoms with Crippen LogP contribution in [0.3, 0.4) is 0 Å². The number of rotatable bonds is 3. The van der Waals surface area contributed by atoms with E-state index in [9.17, 15) is 17.6 Å². The molecule has 0 amide bonds. The first-order valence-electron chi connectivity index (χ1n) is 6.99. The van der Waals surface area contributed by atoms with Gasteiger partial charge >= 0.3 is 0 Å². The van der Waals surface area contributed by atoms with Crippen molar-refractivity contribution in [3.05, 3.63) is 65.3 Å². The zero-order chi connectivity index (χ0) is 17.5. The molecule has 7 heteroatoms. The molecule has 2 nitrogen and oxygen atoms in total. The van der Waals surface area contributed by atoms with Crippen LogP contribution in [-0.4, -0.2) is 19.2 Å². The summed E-state index contributed by atoms with van der Waals surface area (Å²) >= 11 is 5.80. The maximum atomic E-state index is 13.7. The largest absolute Gasteiger partial charge is 0.285 e. The Morgan fingerprint density at radius 3 is 2.46 bits per heavy atom. The highest BCUT2D eigenvalue weighted by Gasteiger charge is 2.34. The van der Waals surface area contributed by atoms with Gasteiger partial charge in [0, 0.05) is 17.7 Å². The van der Waals surface area contributed by atoms with Gasteiger partial charge in [0.05, 0.1) is 5.02 Å². The Balaban J connectivity index is 2.17. The fourth-order valence-corrected chi connectivity index (χ4v) is 2.76. The lowest BCUT2D eigenvalue weighted by Gasteiger charge is -2.23. The van der Waals surface area contributed by atoms with Crippen molar-refractivity contribution in [3.63, 3.8) is 0 Å². The molecule has 0 N–H and O–H groups in total. The summed E-state index contributed by atoms with van der Waals surface area (Å²) in [6, 6.07) is 7.90. The van der Waals surface area contributed by atoms with Crippen molar-refractivity contribution in [1.82, 2.24) is 4.59 Å². The molecule has 0 spiro atoms. The fourth-order valence-electron chi connectivity index (χ4n) is 2.58. The van der Waals surface area contributed by atoms with Gasteiger partial charge in [0.25, 0.3) is 6.43 Å². The van der Waals surface area contributed by atoms with Gasteiger partial charge in [-0.1, -0.05) is 22.8 Å². The van der Waals surface area contributed by atoms with Gasteiger partial charge < -0.3 is 0 Å². The van der Waals surface area contributed by atoms with Crippen LogP contribution >= 0.6 is 11.6 Å². The summed E-state index contributed by atoms with van der Waals surface area (Å²) in [5.74, 6) is -1.11. The number of allylic oxidation sites excluding steroid dienone is 1. The highest BCUT2D eigenvalue weighted by Crippen LogP contribution is 2.38. The molecule has 24 heavy (non-hydrogen) atoms. The molecule has 1 aliphatic rings. The molecule has 0 saturated heterocycles. The molecule has 0 radical (unpaired) electrons. The zero-order valence-electron chi connectivity index (χ0n) is 12.5. The first-order chi connectivity index (χ1) is 11.3. The molecule has 3 rings (SSSR count). The molecule has 0 saturated carbocycles. The first kappa shape index (κ1) is 16.7. The smallest absolute Gasteiger partial charge is 0.207 e. The third-order valence-corrected chi connectivity index (χ3v) is 4.05. The number of hydrogen-bond donors (Lipinski definition) is 0. The monoisotopic (exact) mass is 355 g/mol. The molecule has 124 valence electrons. The van der Waals surface area contributed by atoms with Gasteiger partial charge in [-0.25, -0.2) is 17.6 Å². The van der Waals surface area contributed by atoms with Gasteiger partial charge in [-0.05, 0) is 29.8 Å². The summed E-state index contributed by atoms with van der Waals surface area (Å²) in [7, 11) is 1.59. The predicted octanol–water partition coefficient (Wildman–Crippen LogP) is 5.37. The lowest BCUT2D eigenvalue weighted by molar-refractivity contribution is 0.225. The molecular formula is C17H12ClF4N2+. The van der Waals surface area contributed by atoms with Crippen LogP contribution in [0.4, 0.5) is 23.2 Å². The van der Waals surface area contributed by atoms with Gasteiger partial charge in [0.2, 0.25) is 0 Å². The highest BCUT2D eigenvalue weighted by molar-refractivity contribution is 6.31. The maximum Gasteiger partial charge on any atom is 0.285 e. The molecule has 2 aromatic carbocycles. The van der Waals surface area contributed by atoms with E-state index in [1.54, 1.807) is 7.05 Å². The van der Waals surface area contributed by atoms with Crippen LogP contribution in [0.25, 0.3) is 11.1 Å². The maximum absolute atomic E-state index is 13.7. The van der Waals surface area contributed by atoms with E-state index < -0.39 is 18.1 Å². The first-order valence-corrected chi connectivity index (χ1v) is 7.37. The third-order valence-electron chi connectivity index (χ3n) is 3.76. The van der Waals surface area contributed by atoms with Gasteiger partial charge in [0.15, 0.2) is 11.4 Å². The van der Waals surface area contributed by atoms with Gasteiger partial charge in [-0.2, -0.15) is 0 Å². The molecule has 0 fully saturated rings. The third kappa shape index (κ3) is 2.95. The molecule has 1 atom stereocenters. The van der Waals surface area contributed by atoms with E-state index in [2.05, 4.69) is 5.10 Å². The van der Waals surface area contributed by atoms with Crippen molar-refractivity contribution in [2.45, 2.75) is 6.43 Å². The van der Waals surface area contributed by atoms with E-state index in [1.165, 1.54) is 48.7 Å². The van der Waals surface area contributed by atoms with Gasteiger partial charge in [0.1, 0.15) is 24.9 Å². The van der Waals surface area contributed by atoms with E-state index >= 15 is 0 Å². The summed E-state index contributed by atoms with van der Waals surface area (Å²) < 4.78 is 52.6. The molecule has 0 bridgehead atoms. The summed E-state index contributed by atoms with van der Waals surface area (Å²) in [4.78, 5) is 0. The summed E-state index contributed by atoms with van der Waals surface area (Å²) in [6.07, 6.45) is 0.00378. The Bertz CT molecular complexity index is 864. The normalized spacial score (nSPS) is 19.9. The summed E-state index contributed by atoms with van der Waals surface area (Å²) in [5, 5.41) is 3.90. The van der Waals surface area contributed by atoms with Crippen molar-refractivity contribution in [2.75, 3.05) is 7.05 Å². The van der Waals surface area contributed by atoms with Crippen LogP contribution in [0.1, 0.15) is 0 Å². The number of hydrogen-bond acceptors (Lipinski definition) is 1. The highest BCUT2D eigenvalue weighted by atomic mass is 35.5. The molecule has 1 unspecified atom stereocenters. The number of benzene rings is 2. The molecule has 1 heterocycles. The van der Waals surface area contributed by atoms with Crippen LogP contribution in [0.5, 0.6) is 0 Å². The average molecular weight is 356 g/mol. The van der Waals surface area contributed by atoms with E-state index in [4.69, 9.17) is 11.6 Å². The number of quaternary nitrogens is 1. The number of alkyl halides is 2. The van der Waals surface area contributed by atoms with Crippen molar-refractivity contribution >= 4 is 23.0 Å². The lowest BCUT2D eigenvalue weighted by atomic mass is 10.0. The Morgan fingerprint density at radius 1 is 1.08 bits per heavy atom. The van der Waals surface area contributed by atoms with E-state index in [-0.39, 0.29) is 15.3 Å². The fraction of sp³-hybridized carbons (Fsp3) is 0.118. The van der Waals surface area contributed by atoms with E-state index in [1.807, 2.05) is 0 Å². The Hall–Kier alpha value is -2.18. The molecule has 2 aromatic rings. The molecule has 0 aliphatic carbocycles. The Kier molecular flexibility index (Phi) is 4.19. The second-order valence-corrected chi connectivity index (χ2v) is 5.87. The number of nitrogens with zero attached hydrogens (tertiary/aromatic N) is 2. The van der Waals surface area contributed by atoms with Gasteiger partial charge in [-0.15, -0.1) is 4.59 Å². The Labute approximate surface area is 140 Å². The van der Waals surface area contributed by atoms with Gasteiger partial charge in [-0.3, -0.25) is 0 Å². The van der Waals surface area contributed by atoms with Crippen LogP contribution in [0.2, 0.25) is 5.02 Å². The van der Waals surface area contributed by atoms with E-state index in [0.29, 0.717) is 16.8 Å². The molecular weight excluding hydrogens is 344 g/mol. The van der Waals surface area contributed by atoms with Crippen LogP contribution < -0.4 is 4.59 Å². The van der Waals surface area contributed by atoms with Crippen LogP contribution in [-0.2, 0) is 0 Å². The number of halogens is 5. The topological polar surface area (TPSA) is 12.4 Å². The standard InChI is InChI=1S/C17H12ClF4N2/c1-24(7-6-15(23-24)17(21)22)16-5-3-11(19)9-12(16)10-2-4-14(20)13(18)8-10/h2-9,17H,1H3/q+1. The summed E-state index contributed by atoms with van der Waals surface area (Å²) in [5.41, 5.74) is 0.962. The molecule has 1 aliphatic heterocycles. The van der Waals surface area contributed by atoms with Crippen LogP contribution in [0, 0.1) is 11.6 Å². The Morgan fingerprint density at radius 2 is 1.83 bits per heavy atom. The summed E-state index contributed by atoms with van der Waals surface area (Å²) in [6.45, 7) is 0. The lowest BCUT2D eigenvalue weighted by Crippen LogP contribution is -2.31. The van der Waals surface area contributed by atoms with E-state index in [0.717, 1.165) is 0 Å². The van der Waals surface area contributed by atoms with Crippen LogP contribution in [0.15, 0.2) is 53.8 Å². The van der Waals surface area contributed by atoms with Crippen molar-refractivity contribution in [1.29, 1.82) is 0 Å². The second-order valence-electron chi connectivity index (χ2n) is 5.46. The average Bonchev–Trinajstić information content (AvgIpc) is 2.93. The van der Waals surface area contributed by atoms with Crippen molar-refractivity contribution in [2.24, 2.45) is 5.10 Å². The minimum Gasteiger partial charge on any atom is -0.207 e. The SMILES string of the molecule is C[N+]1(c2ccc(F)cc2-c2ccc(F)c(Cl)c2)C=CC(C(F)F)=N1. The van der Waals surface area contributed by atoms with Crippen molar-refractivity contribution in [3.8, 4) is 11.1 Å².